The predicted octanol–water partition coefficient (Wildman–Crippen LogP) is 1.98. The lowest BCUT2D eigenvalue weighted by molar-refractivity contribution is 0.530. The molecule has 102 valence electrons. The number of benzene rings is 1. The quantitative estimate of drug-likeness (QED) is 0.827. The van der Waals surface area contributed by atoms with Crippen molar-refractivity contribution >= 4 is 23.4 Å². The summed E-state index contributed by atoms with van der Waals surface area (Å²) in [5.41, 5.74) is 0.858. The highest BCUT2D eigenvalue weighted by atomic mass is 35.5. The topological polar surface area (TPSA) is 55.6 Å². The van der Waals surface area contributed by atoms with E-state index in [-0.39, 0.29) is 5.82 Å². The van der Waals surface area contributed by atoms with Crippen molar-refractivity contribution < 1.29 is 4.39 Å². The number of likely N-dealkylation sites (N-methyl/N-ethyl adjacent to an activating group) is 1. The van der Waals surface area contributed by atoms with Crippen molar-refractivity contribution in [3.05, 3.63) is 34.6 Å². The summed E-state index contributed by atoms with van der Waals surface area (Å²) in [7, 11) is 1.87. The molecule has 0 radical (unpaired) electrons. The molecule has 0 spiro atoms. The van der Waals surface area contributed by atoms with Crippen molar-refractivity contribution in [1.82, 2.24) is 25.5 Å². The van der Waals surface area contributed by atoms with Gasteiger partial charge in [-0.1, -0.05) is 29.4 Å². The molecule has 1 heterocycles. The van der Waals surface area contributed by atoms with Gasteiger partial charge in [0.05, 0.1) is 6.54 Å². The van der Waals surface area contributed by atoms with Crippen LogP contribution >= 0.6 is 23.4 Å². The highest BCUT2D eigenvalue weighted by Gasteiger charge is 2.08. The molecule has 0 aliphatic heterocycles. The molecule has 2 aromatic rings. The molecule has 0 atom stereocenters. The van der Waals surface area contributed by atoms with Gasteiger partial charge in [0.15, 0.2) is 0 Å². The first kappa shape index (κ1) is 14.2. The summed E-state index contributed by atoms with van der Waals surface area (Å²) in [6.45, 7) is 1.49. The third-order valence-electron chi connectivity index (χ3n) is 2.44. The van der Waals surface area contributed by atoms with Crippen molar-refractivity contribution in [3.63, 3.8) is 0 Å². The normalized spacial score (nSPS) is 10.9. The lowest BCUT2D eigenvalue weighted by Crippen LogP contribution is -2.16. The molecule has 19 heavy (non-hydrogen) atoms. The zero-order valence-corrected chi connectivity index (χ0v) is 11.9. The minimum Gasteiger partial charge on any atom is -0.318 e. The van der Waals surface area contributed by atoms with Crippen LogP contribution in [0.1, 0.15) is 5.56 Å². The van der Waals surface area contributed by atoms with Gasteiger partial charge in [-0.25, -0.2) is 9.07 Å². The van der Waals surface area contributed by atoms with Gasteiger partial charge in [0, 0.05) is 17.3 Å². The van der Waals surface area contributed by atoms with Crippen molar-refractivity contribution in [1.29, 1.82) is 0 Å². The van der Waals surface area contributed by atoms with E-state index in [1.54, 1.807) is 10.7 Å². The molecular formula is C11H13ClFN5S. The first-order valence-electron chi connectivity index (χ1n) is 5.68. The third kappa shape index (κ3) is 3.89. The highest BCUT2D eigenvalue weighted by Crippen LogP contribution is 2.25. The minimum atomic E-state index is -0.336. The molecule has 0 unspecified atom stereocenters. The van der Waals surface area contributed by atoms with Gasteiger partial charge in [0.25, 0.3) is 0 Å². The fraction of sp³-hybridized carbons (Fsp3) is 0.364. The van der Waals surface area contributed by atoms with E-state index >= 15 is 0 Å². The molecular weight excluding hydrogens is 289 g/mol. The van der Waals surface area contributed by atoms with Gasteiger partial charge in [0.1, 0.15) is 5.82 Å². The van der Waals surface area contributed by atoms with E-state index < -0.39 is 0 Å². The lowest BCUT2D eigenvalue weighted by atomic mass is 10.2. The molecule has 1 aromatic carbocycles. The third-order valence-corrected chi connectivity index (χ3v) is 3.80. The maximum atomic E-state index is 12.9. The van der Waals surface area contributed by atoms with Crippen molar-refractivity contribution in [2.75, 3.05) is 13.6 Å². The van der Waals surface area contributed by atoms with E-state index in [4.69, 9.17) is 11.6 Å². The van der Waals surface area contributed by atoms with E-state index in [1.165, 1.54) is 23.9 Å². The molecule has 0 aliphatic rings. The molecule has 2 rings (SSSR count). The zero-order valence-electron chi connectivity index (χ0n) is 10.3. The number of nitrogens with zero attached hydrogens (tertiary/aromatic N) is 4. The van der Waals surface area contributed by atoms with Gasteiger partial charge in [-0.3, -0.25) is 0 Å². The molecule has 5 nitrogen and oxygen atoms in total. The maximum absolute atomic E-state index is 12.9. The first-order valence-corrected chi connectivity index (χ1v) is 7.04. The standard InChI is InChI=1S/C11H13ClFN5S/c1-14-4-5-18-11(15-16-17-18)19-7-8-2-3-9(13)6-10(8)12/h2-3,6,14H,4-5,7H2,1H3. The summed E-state index contributed by atoms with van der Waals surface area (Å²) >= 11 is 7.44. The largest absolute Gasteiger partial charge is 0.318 e. The number of halogens is 2. The molecule has 0 saturated heterocycles. The monoisotopic (exact) mass is 301 g/mol. The summed E-state index contributed by atoms with van der Waals surface area (Å²) in [5, 5.41) is 15.7. The number of rotatable bonds is 6. The van der Waals surface area contributed by atoms with E-state index in [0.717, 1.165) is 17.3 Å². The van der Waals surface area contributed by atoms with Crippen LogP contribution in [0, 0.1) is 5.82 Å². The minimum absolute atomic E-state index is 0.336. The molecule has 1 N–H and O–H groups in total. The Morgan fingerprint density at radius 1 is 1.47 bits per heavy atom. The van der Waals surface area contributed by atoms with Gasteiger partial charge in [-0.05, 0) is 35.2 Å². The second-order valence-electron chi connectivity index (χ2n) is 3.81. The SMILES string of the molecule is CNCCn1nnnc1SCc1ccc(F)cc1Cl. The number of aromatic nitrogens is 4. The fourth-order valence-electron chi connectivity index (χ4n) is 1.44. The molecule has 0 bridgehead atoms. The van der Waals surface area contributed by atoms with Crippen molar-refractivity contribution in [3.8, 4) is 0 Å². The lowest BCUT2D eigenvalue weighted by Gasteiger charge is -2.05. The van der Waals surface area contributed by atoms with Crippen LogP contribution in [-0.2, 0) is 12.3 Å². The summed E-state index contributed by atoms with van der Waals surface area (Å²) in [6.07, 6.45) is 0. The van der Waals surface area contributed by atoms with Gasteiger partial charge >= 0.3 is 0 Å². The predicted molar refractivity (Wildman–Crippen MR) is 72.7 cm³/mol. The Morgan fingerprint density at radius 2 is 2.32 bits per heavy atom. The second kappa shape index (κ2) is 6.83. The van der Waals surface area contributed by atoms with E-state index in [1.807, 2.05) is 7.05 Å². The van der Waals surface area contributed by atoms with Crippen LogP contribution < -0.4 is 5.32 Å². The zero-order chi connectivity index (χ0) is 13.7. The molecule has 0 amide bonds. The van der Waals surface area contributed by atoms with Gasteiger partial charge in [-0.2, -0.15) is 0 Å². The van der Waals surface area contributed by atoms with Crippen molar-refractivity contribution in [2.45, 2.75) is 17.5 Å². The van der Waals surface area contributed by atoms with Crippen LogP contribution in [0.3, 0.4) is 0 Å². The first-order chi connectivity index (χ1) is 9.20. The number of thioether (sulfide) groups is 1. The van der Waals surface area contributed by atoms with Crippen LogP contribution in [0.15, 0.2) is 23.4 Å². The van der Waals surface area contributed by atoms with Gasteiger partial charge in [0.2, 0.25) is 5.16 Å². The second-order valence-corrected chi connectivity index (χ2v) is 5.16. The molecule has 0 fully saturated rings. The maximum Gasteiger partial charge on any atom is 0.209 e. The fourth-order valence-corrected chi connectivity index (χ4v) is 2.66. The van der Waals surface area contributed by atoms with Crippen LogP contribution in [0.4, 0.5) is 4.39 Å². The number of tetrazole rings is 1. The van der Waals surface area contributed by atoms with E-state index in [0.29, 0.717) is 17.3 Å². The number of hydrogen-bond donors (Lipinski definition) is 1. The number of nitrogens with one attached hydrogen (secondary N) is 1. The van der Waals surface area contributed by atoms with Crippen LogP contribution in [0.5, 0.6) is 0 Å². The summed E-state index contributed by atoms with van der Waals surface area (Å²) < 4.78 is 14.7. The summed E-state index contributed by atoms with van der Waals surface area (Å²) in [6, 6.07) is 4.37. The van der Waals surface area contributed by atoms with Gasteiger partial charge in [-0.15, -0.1) is 5.10 Å². The molecule has 1 aromatic heterocycles. The van der Waals surface area contributed by atoms with Crippen LogP contribution in [-0.4, -0.2) is 33.8 Å². The summed E-state index contributed by atoms with van der Waals surface area (Å²) in [4.78, 5) is 0. The van der Waals surface area contributed by atoms with Gasteiger partial charge < -0.3 is 5.32 Å². The molecule has 0 aliphatic carbocycles. The Kier molecular flexibility index (Phi) is 5.12. The van der Waals surface area contributed by atoms with E-state index in [9.17, 15) is 4.39 Å². The Morgan fingerprint density at radius 3 is 3.05 bits per heavy atom. The summed E-state index contributed by atoms with van der Waals surface area (Å²) in [5.74, 6) is 0.261. The molecule has 0 saturated carbocycles. The Hall–Kier alpha value is -1.18. The Balaban J connectivity index is 2.00. The average molecular weight is 302 g/mol. The number of hydrogen-bond acceptors (Lipinski definition) is 5. The van der Waals surface area contributed by atoms with Crippen LogP contribution in [0.2, 0.25) is 5.02 Å². The van der Waals surface area contributed by atoms with Crippen LogP contribution in [0.25, 0.3) is 0 Å². The molecule has 8 heteroatoms. The smallest absolute Gasteiger partial charge is 0.209 e. The average Bonchev–Trinajstić information content (AvgIpc) is 2.83. The highest BCUT2D eigenvalue weighted by molar-refractivity contribution is 7.98. The Labute approximate surface area is 119 Å². The van der Waals surface area contributed by atoms with E-state index in [2.05, 4.69) is 20.8 Å². The Bertz CT molecular complexity index is 548. The van der Waals surface area contributed by atoms with Crippen molar-refractivity contribution in [2.24, 2.45) is 0 Å².